The van der Waals surface area contributed by atoms with Crippen LogP contribution < -0.4 is 4.72 Å². The Bertz CT molecular complexity index is 806. The van der Waals surface area contributed by atoms with Crippen LogP contribution in [-0.2, 0) is 17.4 Å². The van der Waals surface area contributed by atoms with E-state index in [0.29, 0.717) is 28.7 Å². The maximum Gasteiger partial charge on any atom is 0.139 e. The van der Waals surface area contributed by atoms with Crippen molar-refractivity contribution in [2.24, 2.45) is 5.11 Å². The fraction of sp³-hybridized carbons (Fsp3) is 0.500. The Labute approximate surface area is 142 Å². The van der Waals surface area contributed by atoms with Gasteiger partial charge in [-0.1, -0.05) is 5.11 Å². The summed E-state index contributed by atoms with van der Waals surface area (Å²) in [5, 5.41) is 4.11. The van der Waals surface area contributed by atoms with Crippen LogP contribution in [0.25, 0.3) is 21.4 Å². The second kappa shape index (κ2) is 7.34. The van der Waals surface area contributed by atoms with Crippen molar-refractivity contribution in [2.45, 2.75) is 44.9 Å². The summed E-state index contributed by atoms with van der Waals surface area (Å²) in [6, 6.07) is 4.18. The summed E-state index contributed by atoms with van der Waals surface area (Å²) in [7, 11) is -1.29. The van der Waals surface area contributed by atoms with Crippen LogP contribution in [0.2, 0.25) is 0 Å². The highest BCUT2D eigenvalue weighted by Crippen LogP contribution is 2.29. The van der Waals surface area contributed by atoms with Crippen molar-refractivity contribution in [3.63, 3.8) is 0 Å². The second-order valence-corrected chi connectivity index (χ2v) is 8.55. The maximum absolute atomic E-state index is 13.9. The minimum absolute atomic E-state index is 0.274. The number of benzene rings is 1. The Hall–Kier alpha value is -1.89. The van der Waals surface area contributed by atoms with Gasteiger partial charge in [0.15, 0.2) is 0 Å². The van der Waals surface area contributed by atoms with Crippen LogP contribution in [0.3, 0.4) is 0 Å². The van der Waals surface area contributed by atoms with Crippen molar-refractivity contribution < 1.29 is 13.0 Å². The lowest BCUT2D eigenvalue weighted by molar-refractivity contribution is 0.539. The van der Waals surface area contributed by atoms with Gasteiger partial charge in [0, 0.05) is 34.9 Å². The molecule has 0 bridgehead atoms. The van der Waals surface area contributed by atoms with Crippen LogP contribution in [0.1, 0.15) is 45.1 Å². The van der Waals surface area contributed by atoms with E-state index in [2.05, 4.69) is 14.7 Å². The number of hydrogen-bond donors (Lipinski definition) is 1. The maximum atomic E-state index is 13.9. The molecule has 2 atom stereocenters. The number of furan rings is 1. The average molecular weight is 352 g/mol. The number of halogens is 1. The summed E-state index contributed by atoms with van der Waals surface area (Å²) in [6.07, 6.45) is 0.440. The first-order valence-corrected chi connectivity index (χ1v) is 8.78. The molecule has 0 amide bonds. The van der Waals surface area contributed by atoms with Crippen molar-refractivity contribution in [3.8, 4) is 0 Å². The van der Waals surface area contributed by atoms with Crippen LogP contribution in [0.4, 0.5) is 4.39 Å². The molecule has 0 spiro atoms. The zero-order chi connectivity index (χ0) is 17.9. The number of hydrogen-bond acceptors (Lipinski definition) is 3. The minimum Gasteiger partial charge on any atom is -0.461 e. The Morgan fingerprint density at radius 1 is 1.42 bits per heavy atom. The van der Waals surface area contributed by atoms with Gasteiger partial charge in [-0.2, -0.15) is 0 Å². The topological polar surface area (TPSA) is 91.0 Å². The normalized spacial score (nSPS) is 14.4. The van der Waals surface area contributed by atoms with E-state index in [1.54, 1.807) is 6.07 Å². The number of azide groups is 1. The number of rotatable bonds is 6. The first kappa shape index (κ1) is 18.4. The molecule has 0 radical (unpaired) electrons. The molecule has 0 aliphatic rings. The molecule has 6 nitrogen and oxygen atoms in total. The van der Waals surface area contributed by atoms with Crippen LogP contribution >= 0.6 is 0 Å². The third-order valence-electron chi connectivity index (χ3n) is 3.49. The Balaban J connectivity index is 2.34. The molecular formula is C16H21FN4O2S. The molecule has 2 aromatic rings. The van der Waals surface area contributed by atoms with Gasteiger partial charge >= 0.3 is 0 Å². The van der Waals surface area contributed by atoms with Gasteiger partial charge in [-0.05, 0) is 51.4 Å². The highest BCUT2D eigenvalue weighted by Gasteiger charge is 2.23. The molecule has 1 heterocycles. The summed E-state index contributed by atoms with van der Waals surface area (Å²) < 4.78 is 34.6. The van der Waals surface area contributed by atoms with E-state index in [-0.39, 0.29) is 18.4 Å². The standard InChI is InChI=1S/C16H21FN4O2S/c1-10(20-24(22)16(2,3)4)14-9-12(17)7-11-8-13(23-15(11)14)5-6-19-21-18/h7-10,20H,5-6H2,1-4H3/t10-,24?/m1/s1. The quantitative estimate of drug-likeness (QED) is 0.470. The zero-order valence-electron chi connectivity index (χ0n) is 14.2. The predicted molar refractivity (Wildman–Crippen MR) is 93.3 cm³/mol. The molecule has 1 N–H and O–H groups in total. The lowest BCUT2D eigenvalue weighted by Crippen LogP contribution is -2.34. The molecule has 0 saturated carbocycles. The van der Waals surface area contributed by atoms with Gasteiger partial charge < -0.3 is 4.42 Å². The molecule has 130 valence electrons. The molecule has 0 saturated heterocycles. The molecule has 2 rings (SSSR count). The van der Waals surface area contributed by atoms with Gasteiger partial charge in [0.05, 0.1) is 15.7 Å². The van der Waals surface area contributed by atoms with E-state index in [4.69, 9.17) is 9.95 Å². The van der Waals surface area contributed by atoms with Crippen molar-refractivity contribution in [1.82, 2.24) is 4.72 Å². The summed E-state index contributed by atoms with van der Waals surface area (Å²) in [5.74, 6) is 0.239. The molecule has 1 aromatic heterocycles. The average Bonchev–Trinajstić information content (AvgIpc) is 2.88. The molecule has 24 heavy (non-hydrogen) atoms. The van der Waals surface area contributed by atoms with E-state index in [1.165, 1.54) is 12.1 Å². The summed E-state index contributed by atoms with van der Waals surface area (Å²) in [5.41, 5.74) is 9.49. The van der Waals surface area contributed by atoms with E-state index < -0.39 is 15.7 Å². The molecule has 0 fully saturated rings. The third-order valence-corrected chi connectivity index (χ3v) is 5.17. The van der Waals surface area contributed by atoms with Gasteiger partial charge in [-0.25, -0.2) is 13.3 Å². The monoisotopic (exact) mass is 352 g/mol. The van der Waals surface area contributed by atoms with E-state index in [1.807, 2.05) is 27.7 Å². The Morgan fingerprint density at radius 3 is 2.75 bits per heavy atom. The second-order valence-electron chi connectivity index (χ2n) is 6.55. The predicted octanol–water partition coefficient (Wildman–Crippen LogP) is 4.54. The highest BCUT2D eigenvalue weighted by molar-refractivity contribution is 7.84. The molecule has 0 aliphatic heterocycles. The van der Waals surface area contributed by atoms with Gasteiger partial charge in [0.25, 0.3) is 0 Å². The highest BCUT2D eigenvalue weighted by atomic mass is 32.2. The molecule has 1 unspecified atom stereocenters. The van der Waals surface area contributed by atoms with Gasteiger partial charge in [0.2, 0.25) is 0 Å². The lowest BCUT2D eigenvalue weighted by Gasteiger charge is -2.22. The first-order chi connectivity index (χ1) is 11.2. The van der Waals surface area contributed by atoms with Crippen LogP contribution in [0, 0.1) is 5.82 Å². The summed E-state index contributed by atoms with van der Waals surface area (Å²) in [6.45, 7) is 7.69. The lowest BCUT2D eigenvalue weighted by atomic mass is 10.1. The van der Waals surface area contributed by atoms with E-state index in [0.717, 1.165) is 0 Å². The summed E-state index contributed by atoms with van der Waals surface area (Å²) in [4.78, 5) is 2.70. The molecule has 1 aromatic carbocycles. The fourth-order valence-electron chi connectivity index (χ4n) is 2.25. The largest absolute Gasteiger partial charge is 0.461 e. The Kier molecular flexibility index (Phi) is 5.64. The minimum atomic E-state index is -1.29. The summed E-state index contributed by atoms with van der Waals surface area (Å²) >= 11 is 0. The van der Waals surface area contributed by atoms with Gasteiger partial charge in [-0.3, -0.25) is 0 Å². The number of nitrogens with zero attached hydrogens (tertiary/aromatic N) is 3. The van der Waals surface area contributed by atoms with Gasteiger partial charge in [-0.15, -0.1) is 0 Å². The van der Waals surface area contributed by atoms with Crippen molar-refractivity contribution in [2.75, 3.05) is 6.54 Å². The van der Waals surface area contributed by atoms with Crippen LogP contribution in [0.15, 0.2) is 27.7 Å². The molecular weight excluding hydrogens is 331 g/mol. The molecule has 8 heteroatoms. The zero-order valence-corrected chi connectivity index (χ0v) is 15.0. The Morgan fingerprint density at radius 2 is 2.12 bits per heavy atom. The number of fused-ring (bicyclic) bond motifs is 1. The number of nitrogens with one attached hydrogen (secondary N) is 1. The first-order valence-electron chi connectivity index (χ1n) is 7.63. The SMILES string of the molecule is C[C@@H](NS(=O)C(C)(C)C)c1cc(F)cc2cc(CCN=[N+]=[N-])oc12. The van der Waals surface area contributed by atoms with Crippen molar-refractivity contribution in [3.05, 3.63) is 45.8 Å². The third kappa shape index (κ3) is 4.35. The smallest absolute Gasteiger partial charge is 0.139 e. The molecule has 0 aliphatic carbocycles. The van der Waals surface area contributed by atoms with E-state index >= 15 is 0 Å². The van der Waals surface area contributed by atoms with Gasteiger partial charge in [0.1, 0.15) is 17.2 Å². The van der Waals surface area contributed by atoms with Crippen molar-refractivity contribution >= 4 is 22.0 Å². The fourth-order valence-corrected chi connectivity index (χ4v) is 3.05. The van der Waals surface area contributed by atoms with E-state index in [9.17, 15) is 8.60 Å². The van der Waals surface area contributed by atoms with Crippen LogP contribution in [-0.4, -0.2) is 15.5 Å². The van der Waals surface area contributed by atoms with Crippen molar-refractivity contribution in [1.29, 1.82) is 0 Å². The van der Waals surface area contributed by atoms with Crippen LogP contribution in [0.5, 0.6) is 0 Å².